The molecule has 1 aliphatic heterocycles. The molecular formula is C21H27NO2. The number of hydrogen-bond acceptors (Lipinski definition) is 3. The Morgan fingerprint density at radius 1 is 0.958 bits per heavy atom. The molecule has 0 unspecified atom stereocenters. The van der Waals surface area contributed by atoms with Gasteiger partial charge in [0.05, 0.1) is 12.7 Å². The van der Waals surface area contributed by atoms with Gasteiger partial charge >= 0.3 is 0 Å². The molecule has 24 heavy (non-hydrogen) atoms. The summed E-state index contributed by atoms with van der Waals surface area (Å²) in [7, 11) is 0. The van der Waals surface area contributed by atoms with Crippen LogP contribution in [0, 0.1) is 0 Å². The van der Waals surface area contributed by atoms with Gasteiger partial charge in [-0.25, -0.2) is 0 Å². The molecule has 0 radical (unpaired) electrons. The lowest BCUT2D eigenvalue weighted by atomic mass is 9.88. The van der Waals surface area contributed by atoms with Crippen LogP contribution in [-0.4, -0.2) is 36.2 Å². The molecule has 1 N–H and O–H groups in total. The summed E-state index contributed by atoms with van der Waals surface area (Å²) in [5.41, 5.74) is 2.15. The number of rotatable bonds is 7. The molecule has 1 saturated heterocycles. The molecule has 0 aromatic heterocycles. The van der Waals surface area contributed by atoms with Gasteiger partial charge in [-0.15, -0.1) is 0 Å². The number of aliphatic hydroxyl groups excluding tert-OH is 1. The lowest BCUT2D eigenvalue weighted by Crippen LogP contribution is -2.29. The van der Waals surface area contributed by atoms with E-state index in [1.165, 1.54) is 18.4 Å². The second-order valence-electron chi connectivity index (χ2n) is 6.47. The van der Waals surface area contributed by atoms with Gasteiger partial charge in [0, 0.05) is 12.5 Å². The van der Waals surface area contributed by atoms with Crippen molar-refractivity contribution in [2.45, 2.75) is 31.8 Å². The first-order valence-electron chi connectivity index (χ1n) is 8.96. The monoisotopic (exact) mass is 325 g/mol. The van der Waals surface area contributed by atoms with E-state index in [1.54, 1.807) is 0 Å². The lowest BCUT2D eigenvalue weighted by molar-refractivity contribution is 0.123. The van der Waals surface area contributed by atoms with E-state index in [0.29, 0.717) is 6.61 Å². The minimum atomic E-state index is -0.510. The van der Waals surface area contributed by atoms with Gasteiger partial charge in [-0.2, -0.15) is 0 Å². The maximum absolute atomic E-state index is 11.0. The van der Waals surface area contributed by atoms with Crippen molar-refractivity contribution in [2.75, 3.05) is 26.2 Å². The van der Waals surface area contributed by atoms with E-state index in [-0.39, 0.29) is 5.92 Å². The highest BCUT2D eigenvalue weighted by Crippen LogP contribution is 2.33. The zero-order valence-electron chi connectivity index (χ0n) is 14.4. The van der Waals surface area contributed by atoms with E-state index < -0.39 is 6.10 Å². The Balaban J connectivity index is 1.80. The molecule has 1 aliphatic rings. The third-order valence-corrected chi connectivity index (χ3v) is 4.80. The summed E-state index contributed by atoms with van der Waals surface area (Å²) in [6.45, 7) is 5.81. The summed E-state index contributed by atoms with van der Waals surface area (Å²) in [5.74, 6) is 0.937. The Kier molecular flexibility index (Phi) is 5.89. The molecule has 3 heteroatoms. The van der Waals surface area contributed by atoms with E-state index in [4.69, 9.17) is 4.74 Å². The van der Waals surface area contributed by atoms with Gasteiger partial charge < -0.3 is 14.7 Å². The van der Waals surface area contributed by atoms with Crippen LogP contribution in [0.15, 0.2) is 54.6 Å². The normalized spacial score (nSPS) is 17.6. The molecule has 1 fully saturated rings. The van der Waals surface area contributed by atoms with E-state index in [2.05, 4.69) is 29.2 Å². The van der Waals surface area contributed by atoms with E-state index in [0.717, 1.165) is 30.9 Å². The zero-order chi connectivity index (χ0) is 16.8. The minimum Gasteiger partial charge on any atom is -0.494 e. The van der Waals surface area contributed by atoms with Crippen LogP contribution in [0.4, 0.5) is 0 Å². The SMILES string of the molecule is CCOc1ccc([C@@H](O)[C@H](CN2CCCC2)c2ccccc2)cc1. The number of nitrogens with zero attached hydrogens (tertiary/aromatic N) is 1. The number of ether oxygens (including phenoxy) is 1. The molecule has 0 spiro atoms. The first kappa shape index (κ1) is 17.0. The maximum atomic E-state index is 11.0. The number of benzene rings is 2. The van der Waals surface area contributed by atoms with Crippen molar-refractivity contribution < 1.29 is 9.84 Å². The highest BCUT2D eigenvalue weighted by atomic mass is 16.5. The number of hydrogen-bond donors (Lipinski definition) is 1. The van der Waals surface area contributed by atoms with Crippen LogP contribution in [0.25, 0.3) is 0 Å². The van der Waals surface area contributed by atoms with E-state index >= 15 is 0 Å². The van der Waals surface area contributed by atoms with Gasteiger partial charge in [-0.1, -0.05) is 42.5 Å². The number of likely N-dealkylation sites (tertiary alicyclic amines) is 1. The average molecular weight is 325 g/mol. The van der Waals surface area contributed by atoms with Crippen LogP contribution in [0.1, 0.15) is 42.9 Å². The predicted octanol–water partition coefficient (Wildman–Crippen LogP) is 4.00. The van der Waals surface area contributed by atoms with Crippen LogP contribution >= 0.6 is 0 Å². The van der Waals surface area contributed by atoms with Crippen molar-refractivity contribution in [1.82, 2.24) is 4.90 Å². The Labute approximate surface area is 144 Å². The van der Waals surface area contributed by atoms with Crippen LogP contribution in [0.3, 0.4) is 0 Å². The molecule has 2 atom stereocenters. The molecule has 3 rings (SSSR count). The summed E-state index contributed by atoms with van der Waals surface area (Å²) >= 11 is 0. The first-order chi connectivity index (χ1) is 11.8. The van der Waals surface area contributed by atoms with E-state index in [1.807, 2.05) is 37.3 Å². The van der Waals surface area contributed by atoms with Gasteiger partial charge in [0.1, 0.15) is 5.75 Å². The molecule has 1 heterocycles. The fourth-order valence-corrected chi connectivity index (χ4v) is 3.49. The molecule has 2 aromatic rings. The van der Waals surface area contributed by atoms with Crippen LogP contribution in [-0.2, 0) is 0 Å². The molecule has 3 nitrogen and oxygen atoms in total. The van der Waals surface area contributed by atoms with Gasteiger partial charge in [-0.05, 0) is 56.1 Å². The number of aliphatic hydroxyl groups is 1. The first-order valence-corrected chi connectivity index (χ1v) is 8.96. The van der Waals surface area contributed by atoms with Crippen molar-refractivity contribution in [3.8, 4) is 5.75 Å². The summed E-state index contributed by atoms with van der Waals surface area (Å²) in [6, 6.07) is 18.2. The topological polar surface area (TPSA) is 32.7 Å². The van der Waals surface area contributed by atoms with Gasteiger partial charge in [0.25, 0.3) is 0 Å². The van der Waals surface area contributed by atoms with E-state index in [9.17, 15) is 5.11 Å². The summed E-state index contributed by atoms with van der Waals surface area (Å²) < 4.78 is 5.50. The third kappa shape index (κ3) is 4.16. The van der Waals surface area contributed by atoms with Crippen molar-refractivity contribution in [3.63, 3.8) is 0 Å². The third-order valence-electron chi connectivity index (χ3n) is 4.80. The predicted molar refractivity (Wildman–Crippen MR) is 97.4 cm³/mol. The van der Waals surface area contributed by atoms with Gasteiger partial charge in [0.2, 0.25) is 0 Å². The fraction of sp³-hybridized carbons (Fsp3) is 0.429. The Bertz CT molecular complexity index is 605. The van der Waals surface area contributed by atoms with Crippen molar-refractivity contribution in [3.05, 3.63) is 65.7 Å². The summed E-state index contributed by atoms with van der Waals surface area (Å²) in [4.78, 5) is 2.47. The minimum absolute atomic E-state index is 0.0854. The maximum Gasteiger partial charge on any atom is 0.119 e. The van der Waals surface area contributed by atoms with Crippen LogP contribution in [0.2, 0.25) is 0 Å². The molecule has 0 bridgehead atoms. The molecule has 2 aromatic carbocycles. The average Bonchev–Trinajstić information content (AvgIpc) is 3.14. The zero-order valence-corrected chi connectivity index (χ0v) is 14.4. The lowest BCUT2D eigenvalue weighted by Gasteiger charge is -2.28. The van der Waals surface area contributed by atoms with Gasteiger partial charge in [-0.3, -0.25) is 0 Å². The highest BCUT2D eigenvalue weighted by molar-refractivity contribution is 5.32. The Hall–Kier alpha value is -1.84. The molecule has 0 saturated carbocycles. The quantitative estimate of drug-likeness (QED) is 0.835. The van der Waals surface area contributed by atoms with Crippen molar-refractivity contribution in [1.29, 1.82) is 0 Å². The molecule has 128 valence electrons. The largest absolute Gasteiger partial charge is 0.494 e. The van der Waals surface area contributed by atoms with Crippen LogP contribution < -0.4 is 4.74 Å². The highest BCUT2D eigenvalue weighted by Gasteiger charge is 2.26. The standard InChI is InChI=1S/C21H27NO2/c1-2-24-19-12-10-18(11-13-19)21(23)20(16-22-14-6-7-15-22)17-8-4-3-5-9-17/h3-5,8-13,20-21,23H,2,6-7,14-16H2,1H3/t20-,21-/m1/s1. The molecular weight excluding hydrogens is 298 g/mol. The van der Waals surface area contributed by atoms with Crippen molar-refractivity contribution in [2.24, 2.45) is 0 Å². The Morgan fingerprint density at radius 2 is 1.62 bits per heavy atom. The smallest absolute Gasteiger partial charge is 0.119 e. The summed E-state index contributed by atoms with van der Waals surface area (Å²) in [6.07, 6.45) is 2.02. The second-order valence-corrected chi connectivity index (χ2v) is 6.47. The van der Waals surface area contributed by atoms with Gasteiger partial charge in [0.15, 0.2) is 0 Å². The second kappa shape index (κ2) is 8.32. The molecule has 0 aliphatic carbocycles. The fourth-order valence-electron chi connectivity index (χ4n) is 3.49. The van der Waals surface area contributed by atoms with Crippen LogP contribution in [0.5, 0.6) is 5.75 Å². The van der Waals surface area contributed by atoms with Crippen molar-refractivity contribution >= 4 is 0 Å². The molecule has 0 amide bonds. The summed E-state index contributed by atoms with van der Waals surface area (Å²) in [5, 5.41) is 11.0. The Morgan fingerprint density at radius 3 is 2.25 bits per heavy atom.